The van der Waals surface area contributed by atoms with E-state index in [0.29, 0.717) is 27.9 Å². The largest absolute Gasteiger partial charge is 0.376 e. The van der Waals surface area contributed by atoms with Crippen LogP contribution in [0.3, 0.4) is 0 Å². The molecule has 1 aromatic heterocycles. The predicted molar refractivity (Wildman–Crippen MR) is 91.4 cm³/mol. The van der Waals surface area contributed by atoms with Crippen molar-refractivity contribution in [1.29, 1.82) is 10.5 Å². The fraction of sp³-hybridized carbons (Fsp3) is 0.278. The summed E-state index contributed by atoms with van der Waals surface area (Å²) in [5.74, 6) is -0.357. The number of ether oxygens (including phenoxy) is 1. The number of rotatable bonds is 3. The highest BCUT2D eigenvalue weighted by molar-refractivity contribution is 7.07. The second-order valence-electron chi connectivity index (χ2n) is 5.62. The quantitative estimate of drug-likeness (QED) is 0.830. The number of hydrogen-bond donors (Lipinski definition) is 0. The van der Waals surface area contributed by atoms with Gasteiger partial charge in [-0.3, -0.25) is 9.36 Å². The van der Waals surface area contributed by atoms with E-state index in [1.54, 1.807) is 18.2 Å². The van der Waals surface area contributed by atoms with E-state index in [1.807, 2.05) is 12.1 Å². The first-order chi connectivity index (χ1) is 12.1. The standard InChI is InChI=1S/C18H14FN3O2S/c19-14-5-3-12(4-6-14)8-16-17(23)22(11-15-2-1-7-24-15)18(25-16)13(9-20)10-21/h3-6,8,15H,1-2,7,11H2/t15-/m0/s1. The molecule has 5 nitrogen and oxygen atoms in total. The summed E-state index contributed by atoms with van der Waals surface area (Å²) in [6.07, 6.45) is 3.31. The molecule has 0 unspecified atom stereocenters. The Morgan fingerprint density at radius 1 is 1.36 bits per heavy atom. The normalized spacial score (nSPS) is 17.2. The first kappa shape index (κ1) is 17.1. The summed E-state index contributed by atoms with van der Waals surface area (Å²) < 4.78 is 20.8. The molecule has 0 amide bonds. The lowest BCUT2D eigenvalue weighted by atomic mass is 10.2. The summed E-state index contributed by atoms with van der Waals surface area (Å²) in [4.78, 5) is 12.8. The molecule has 1 saturated heterocycles. The maximum atomic E-state index is 13.0. The molecule has 25 heavy (non-hydrogen) atoms. The van der Waals surface area contributed by atoms with Crippen molar-refractivity contribution in [3.05, 3.63) is 55.2 Å². The molecule has 0 radical (unpaired) electrons. The Labute approximate surface area is 147 Å². The van der Waals surface area contributed by atoms with Gasteiger partial charge in [0.05, 0.1) is 17.2 Å². The van der Waals surface area contributed by atoms with Gasteiger partial charge < -0.3 is 4.74 Å². The van der Waals surface area contributed by atoms with Crippen LogP contribution >= 0.6 is 11.3 Å². The van der Waals surface area contributed by atoms with E-state index < -0.39 is 0 Å². The molecule has 0 spiro atoms. The van der Waals surface area contributed by atoms with Crippen molar-refractivity contribution < 1.29 is 9.13 Å². The molecule has 3 rings (SSSR count). The van der Waals surface area contributed by atoms with Crippen LogP contribution in [0.4, 0.5) is 4.39 Å². The lowest BCUT2D eigenvalue weighted by Gasteiger charge is -2.09. The van der Waals surface area contributed by atoms with Gasteiger partial charge in [-0.05, 0) is 36.6 Å². The summed E-state index contributed by atoms with van der Waals surface area (Å²) in [5.41, 5.74) is 0.299. The number of aromatic nitrogens is 1. The molecule has 2 aromatic rings. The molecular formula is C18H14FN3O2S. The van der Waals surface area contributed by atoms with Crippen LogP contribution < -0.4 is 14.8 Å². The number of thiazole rings is 1. The van der Waals surface area contributed by atoms with Crippen molar-refractivity contribution in [3.63, 3.8) is 0 Å². The Morgan fingerprint density at radius 3 is 2.68 bits per heavy atom. The average Bonchev–Trinajstić information content (AvgIpc) is 3.23. The van der Waals surface area contributed by atoms with Crippen LogP contribution in [0.2, 0.25) is 0 Å². The predicted octanol–water partition coefficient (Wildman–Crippen LogP) is 1.25. The van der Waals surface area contributed by atoms with Gasteiger partial charge in [0.2, 0.25) is 0 Å². The Hall–Kier alpha value is -2.74. The summed E-state index contributed by atoms with van der Waals surface area (Å²) in [5, 5.41) is 18.4. The Bertz CT molecular complexity index is 1020. The Kier molecular flexibility index (Phi) is 5.08. The second-order valence-corrected chi connectivity index (χ2v) is 6.65. The van der Waals surface area contributed by atoms with E-state index >= 15 is 0 Å². The van der Waals surface area contributed by atoms with Gasteiger partial charge in [0.15, 0.2) is 5.57 Å². The van der Waals surface area contributed by atoms with Crippen LogP contribution in [-0.2, 0) is 11.3 Å². The zero-order valence-electron chi connectivity index (χ0n) is 13.2. The summed E-state index contributed by atoms with van der Waals surface area (Å²) in [7, 11) is 0. The smallest absolute Gasteiger partial charge is 0.269 e. The molecule has 0 aliphatic carbocycles. The van der Waals surface area contributed by atoms with Crippen molar-refractivity contribution >= 4 is 23.0 Å². The minimum atomic E-state index is -0.357. The van der Waals surface area contributed by atoms with E-state index in [0.717, 1.165) is 24.2 Å². The number of nitrogens with zero attached hydrogens (tertiary/aromatic N) is 3. The van der Waals surface area contributed by atoms with E-state index in [-0.39, 0.29) is 23.1 Å². The molecule has 0 bridgehead atoms. The van der Waals surface area contributed by atoms with Crippen LogP contribution in [0.15, 0.2) is 29.1 Å². The van der Waals surface area contributed by atoms with Crippen molar-refractivity contribution in [2.24, 2.45) is 0 Å². The van der Waals surface area contributed by atoms with Gasteiger partial charge in [-0.25, -0.2) is 4.39 Å². The molecule has 1 aliphatic rings. The number of halogens is 1. The van der Waals surface area contributed by atoms with Gasteiger partial charge in [-0.1, -0.05) is 12.1 Å². The van der Waals surface area contributed by atoms with Gasteiger partial charge in [-0.15, -0.1) is 11.3 Å². The zero-order valence-corrected chi connectivity index (χ0v) is 14.1. The van der Waals surface area contributed by atoms with E-state index in [2.05, 4.69) is 0 Å². The van der Waals surface area contributed by atoms with Gasteiger partial charge in [0.1, 0.15) is 22.6 Å². The number of nitriles is 2. The molecule has 1 aliphatic heterocycles. The van der Waals surface area contributed by atoms with Crippen molar-refractivity contribution in [3.8, 4) is 12.1 Å². The number of benzene rings is 1. The molecule has 1 fully saturated rings. The fourth-order valence-corrected chi connectivity index (χ4v) is 3.76. The summed E-state index contributed by atoms with van der Waals surface area (Å²) in [6, 6.07) is 9.45. The highest BCUT2D eigenvalue weighted by atomic mass is 32.1. The third-order valence-corrected chi connectivity index (χ3v) is 5.05. The molecular weight excluding hydrogens is 341 g/mol. The van der Waals surface area contributed by atoms with E-state index in [9.17, 15) is 19.7 Å². The minimum absolute atomic E-state index is 0.0941. The van der Waals surface area contributed by atoms with Crippen molar-refractivity contribution in [2.75, 3.05) is 6.61 Å². The highest BCUT2D eigenvalue weighted by Crippen LogP contribution is 2.12. The first-order valence-electron chi connectivity index (χ1n) is 7.75. The van der Waals surface area contributed by atoms with Crippen LogP contribution in [-0.4, -0.2) is 17.3 Å². The molecule has 7 heteroatoms. The van der Waals surface area contributed by atoms with Crippen LogP contribution in [0, 0.1) is 28.5 Å². The van der Waals surface area contributed by atoms with Crippen molar-refractivity contribution in [2.45, 2.75) is 25.5 Å². The van der Waals surface area contributed by atoms with Gasteiger partial charge in [0, 0.05) is 6.61 Å². The number of hydrogen-bond acceptors (Lipinski definition) is 5. The van der Waals surface area contributed by atoms with Gasteiger partial charge in [-0.2, -0.15) is 10.5 Å². The average molecular weight is 355 g/mol. The molecule has 1 atom stereocenters. The van der Waals surface area contributed by atoms with Crippen LogP contribution in [0.25, 0.3) is 11.6 Å². The van der Waals surface area contributed by atoms with Gasteiger partial charge in [0.25, 0.3) is 5.56 Å². The van der Waals surface area contributed by atoms with Crippen LogP contribution in [0.1, 0.15) is 18.4 Å². The van der Waals surface area contributed by atoms with Crippen LogP contribution in [0.5, 0.6) is 0 Å². The molecule has 0 saturated carbocycles. The monoisotopic (exact) mass is 355 g/mol. The lowest BCUT2D eigenvalue weighted by Crippen LogP contribution is -2.35. The maximum absolute atomic E-state index is 13.0. The maximum Gasteiger partial charge on any atom is 0.269 e. The Balaban J connectivity index is 2.17. The molecule has 1 aromatic carbocycles. The first-order valence-corrected chi connectivity index (χ1v) is 8.57. The highest BCUT2D eigenvalue weighted by Gasteiger charge is 2.19. The third-order valence-electron chi connectivity index (χ3n) is 3.92. The topological polar surface area (TPSA) is 78.8 Å². The third kappa shape index (κ3) is 3.69. The van der Waals surface area contributed by atoms with E-state index in [1.165, 1.54) is 16.7 Å². The van der Waals surface area contributed by atoms with Gasteiger partial charge >= 0.3 is 0 Å². The fourth-order valence-electron chi connectivity index (χ4n) is 2.69. The Morgan fingerprint density at radius 2 is 2.08 bits per heavy atom. The zero-order chi connectivity index (χ0) is 17.8. The lowest BCUT2D eigenvalue weighted by molar-refractivity contribution is 0.0959. The molecule has 2 heterocycles. The second kappa shape index (κ2) is 7.43. The SMILES string of the molecule is N#CC(C#N)=c1sc(=Cc2ccc(F)cc2)c(=O)n1C[C@@H]1CCCO1. The van der Waals surface area contributed by atoms with Crippen molar-refractivity contribution in [1.82, 2.24) is 4.57 Å². The molecule has 0 N–H and O–H groups in total. The summed E-state index contributed by atoms with van der Waals surface area (Å²) >= 11 is 1.09. The van der Waals surface area contributed by atoms with E-state index in [4.69, 9.17) is 4.74 Å². The minimum Gasteiger partial charge on any atom is -0.376 e. The molecule has 126 valence electrons. The summed E-state index contributed by atoms with van der Waals surface area (Å²) in [6.45, 7) is 0.968.